The highest BCUT2D eigenvalue weighted by atomic mass is 16.1. The monoisotopic (exact) mass is 332 g/mol. The summed E-state index contributed by atoms with van der Waals surface area (Å²) in [6, 6.07) is 14.0. The van der Waals surface area contributed by atoms with Crippen LogP contribution in [0.3, 0.4) is 0 Å². The maximum absolute atomic E-state index is 12.6. The SMILES string of the molecule is C[C@@H](NC(=O)c1cccc(-n2cnnc2)c1)c1ccc2c(c1)CCC2. The number of carbonyl (C=O) groups is 1. The van der Waals surface area contributed by atoms with E-state index in [2.05, 4.69) is 33.7 Å². The van der Waals surface area contributed by atoms with E-state index in [0.29, 0.717) is 5.56 Å². The molecule has 0 bridgehead atoms. The zero-order valence-corrected chi connectivity index (χ0v) is 14.1. The summed E-state index contributed by atoms with van der Waals surface area (Å²) < 4.78 is 1.78. The second-order valence-electron chi connectivity index (χ2n) is 6.50. The molecule has 1 aliphatic carbocycles. The molecule has 0 fully saturated rings. The molecule has 1 atom stereocenters. The Balaban J connectivity index is 1.51. The van der Waals surface area contributed by atoms with E-state index in [1.54, 1.807) is 17.2 Å². The summed E-state index contributed by atoms with van der Waals surface area (Å²) in [4.78, 5) is 12.6. The average Bonchev–Trinajstić information content (AvgIpc) is 3.32. The molecule has 1 N–H and O–H groups in total. The minimum atomic E-state index is -0.0806. The van der Waals surface area contributed by atoms with E-state index in [-0.39, 0.29) is 11.9 Å². The van der Waals surface area contributed by atoms with Crippen LogP contribution in [0.1, 0.15) is 46.4 Å². The lowest BCUT2D eigenvalue weighted by Crippen LogP contribution is -2.26. The van der Waals surface area contributed by atoms with Crippen LogP contribution in [0.4, 0.5) is 0 Å². The molecule has 5 heteroatoms. The van der Waals surface area contributed by atoms with E-state index in [0.717, 1.165) is 17.7 Å². The molecule has 5 nitrogen and oxygen atoms in total. The van der Waals surface area contributed by atoms with E-state index >= 15 is 0 Å². The maximum Gasteiger partial charge on any atom is 0.251 e. The first-order chi connectivity index (χ1) is 12.2. The van der Waals surface area contributed by atoms with Gasteiger partial charge in [-0.3, -0.25) is 9.36 Å². The molecule has 4 rings (SSSR count). The zero-order valence-electron chi connectivity index (χ0n) is 14.1. The van der Waals surface area contributed by atoms with Gasteiger partial charge < -0.3 is 5.32 Å². The van der Waals surface area contributed by atoms with Gasteiger partial charge in [0.2, 0.25) is 0 Å². The van der Waals surface area contributed by atoms with Gasteiger partial charge in [0.25, 0.3) is 5.91 Å². The normalized spacial score (nSPS) is 14.1. The van der Waals surface area contributed by atoms with Gasteiger partial charge in [0, 0.05) is 11.3 Å². The van der Waals surface area contributed by atoms with Crippen LogP contribution in [0.2, 0.25) is 0 Å². The number of nitrogens with one attached hydrogen (secondary N) is 1. The fourth-order valence-corrected chi connectivity index (χ4v) is 3.37. The van der Waals surface area contributed by atoms with Gasteiger partial charge in [-0.15, -0.1) is 10.2 Å². The van der Waals surface area contributed by atoms with E-state index in [1.165, 1.54) is 24.0 Å². The quantitative estimate of drug-likeness (QED) is 0.798. The summed E-state index contributed by atoms with van der Waals surface area (Å²) in [5, 5.41) is 10.7. The summed E-state index contributed by atoms with van der Waals surface area (Å²) in [5.41, 5.74) is 5.52. The Morgan fingerprint density at radius 3 is 2.72 bits per heavy atom. The molecule has 0 saturated carbocycles. The fraction of sp³-hybridized carbons (Fsp3) is 0.250. The Kier molecular flexibility index (Phi) is 4.06. The molecule has 0 spiro atoms. The minimum absolute atomic E-state index is 0.0306. The van der Waals surface area contributed by atoms with Crippen molar-refractivity contribution in [1.29, 1.82) is 0 Å². The third-order valence-corrected chi connectivity index (χ3v) is 4.80. The first-order valence-electron chi connectivity index (χ1n) is 8.58. The van der Waals surface area contributed by atoms with Gasteiger partial charge >= 0.3 is 0 Å². The summed E-state index contributed by atoms with van der Waals surface area (Å²) in [6.45, 7) is 2.03. The van der Waals surface area contributed by atoms with Gasteiger partial charge in [-0.2, -0.15) is 0 Å². The van der Waals surface area contributed by atoms with E-state index in [4.69, 9.17) is 0 Å². The van der Waals surface area contributed by atoms with Crippen LogP contribution in [0.15, 0.2) is 55.1 Å². The number of aromatic nitrogens is 3. The van der Waals surface area contributed by atoms with Crippen LogP contribution in [0.25, 0.3) is 5.69 Å². The highest BCUT2D eigenvalue weighted by Crippen LogP contribution is 2.25. The van der Waals surface area contributed by atoms with Crippen molar-refractivity contribution in [2.45, 2.75) is 32.2 Å². The molecule has 0 unspecified atom stereocenters. The maximum atomic E-state index is 12.6. The lowest BCUT2D eigenvalue weighted by Gasteiger charge is -2.16. The number of aryl methyl sites for hydroxylation is 2. The van der Waals surface area contributed by atoms with Crippen LogP contribution < -0.4 is 5.32 Å². The second-order valence-corrected chi connectivity index (χ2v) is 6.50. The van der Waals surface area contributed by atoms with Crippen molar-refractivity contribution in [1.82, 2.24) is 20.1 Å². The topological polar surface area (TPSA) is 59.8 Å². The van der Waals surface area contributed by atoms with E-state index in [9.17, 15) is 4.79 Å². The Labute approximate surface area is 146 Å². The summed E-state index contributed by atoms with van der Waals surface area (Å²) in [6.07, 6.45) is 6.78. The summed E-state index contributed by atoms with van der Waals surface area (Å²) in [5.74, 6) is -0.0806. The first-order valence-corrected chi connectivity index (χ1v) is 8.58. The number of rotatable bonds is 4. The van der Waals surface area contributed by atoms with Gasteiger partial charge in [-0.25, -0.2) is 0 Å². The highest BCUT2D eigenvalue weighted by Gasteiger charge is 2.16. The van der Waals surface area contributed by atoms with Crippen LogP contribution >= 0.6 is 0 Å². The Morgan fingerprint density at radius 1 is 1.08 bits per heavy atom. The molecule has 25 heavy (non-hydrogen) atoms. The third kappa shape index (κ3) is 3.18. The molecule has 1 amide bonds. The number of amides is 1. The van der Waals surface area contributed by atoms with Gasteiger partial charge in [0.1, 0.15) is 12.7 Å². The minimum Gasteiger partial charge on any atom is -0.346 e. The largest absolute Gasteiger partial charge is 0.346 e. The van der Waals surface area contributed by atoms with Gasteiger partial charge in [0.05, 0.1) is 6.04 Å². The third-order valence-electron chi connectivity index (χ3n) is 4.80. The van der Waals surface area contributed by atoms with Crippen LogP contribution in [-0.2, 0) is 12.8 Å². The van der Waals surface area contributed by atoms with E-state index in [1.807, 2.05) is 31.2 Å². The highest BCUT2D eigenvalue weighted by molar-refractivity contribution is 5.95. The van der Waals surface area contributed by atoms with Crippen LogP contribution in [-0.4, -0.2) is 20.7 Å². The van der Waals surface area contributed by atoms with Gasteiger partial charge in [0.15, 0.2) is 0 Å². The summed E-state index contributed by atoms with van der Waals surface area (Å²) in [7, 11) is 0. The van der Waals surface area contributed by atoms with Crippen molar-refractivity contribution in [3.8, 4) is 5.69 Å². The lowest BCUT2D eigenvalue weighted by molar-refractivity contribution is 0.0940. The molecule has 1 heterocycles. The second kappa shape index (κ2) is 6.51. The Bertz CT molecular complexity index is 902. The lowest BCUT2D eigenvalue weighted by atomic mass is 10.0. The molecule has 2 aromatic carbocycles. The van der Waals surface area contributed by atoms with Crippen molar-refractivity contribution in [3.05, 3.63) is 77.4 Å². The number of fused-ring (bicyclic) bond motifs is 1. The van der Waals surface area contributed by atoms with Crippen molar-refractivity contribution >= 4 is 5.91 Å². The van der Waals surface area contributed by atoms with E-state index < -0.39 is 0 Å². The Hall–Kier alpha value is -2.95. The predicted molar refractivity (Wildman–Crippen MR) is 95.7 cm³/mol. The number of carbonyl (C=O) groups excluding carboxylic acids is 1. The molecule has 0 saturated heterocycles. The van der Waals surface area contributed by atoms with Gasteiger partial charge in [-0.05, 0) is 61.1 Å². The fourth-order valence-electron chi connectivity index (χ4n) is 3.37. The molecule has 3 aromatic rings. The number of benzene rings is 2. The number of hydrogen-bond donors (Lipinski definition) is 1. The number of hydrogen-bond acceptors (Lipinski definition) is 3. The molecule has 1 aromatic heterocycles. The van der Waals surface area contributed by atoms with Gasteiger partial charge in [-0.1, -0.05) is 24.3 Å². The molecular weight excluding hydrogens is 312 g/mol. The smallest absolute Gasteiger partial charge is 0.251 e. The number of nitrogens with zero attached hydrogens (tertiary/aromatic N) is 3. The van der Waals surface area contributed by atoms with Crippen molar-refractivity contribution in [3.63, 3.8) is 0 Å². The molecular formula is C20H20N4O. The van der Waals surface area contributed by atoms with Crippen LogP contribution in [0.5, 0.6) is 0 Å². The Morgan fingerprint density at radius 2 is 1.88 bits per heavy atom. The summed E-state index contributed by atoms with van der Waals surface area (Å²) >= 11 is 0. The predicted octanol–water partition coefficient (Wildman–Crippen LogP) is 3.25. The van der Waals surface area contributed by atoms with Crippen molar-refractivity contribution in [2.75, 3.05) is 0 Å². The molecule has 0 radical (unpaired) electrons. The average molecular weight is 332 g/mol. The first kappa shape index (κ1) is 15.6. The standard InChI is InChI=1S/C20H20N4O/c1-14(16-9-8-15-4-2-5-17(15)10-16)23-20(25)18-6-3-7-19(11-18)24-12-21-22-13-24/h3,6-14H,2,4-5H2,1H3,(H,23,25)/t14-/m1/s1. The zero-order chi connectivity index (χ0) is 17.2. The van der Waals surface area contributed by atoms with Crippen molar-refractivity contribution in [2.24, 2.45) is 0 Å². The van der Waals surface area contributed by atoms with Crippen LogP contribution in [0, 0.1) is 0 Å². The van der Waals surface area contributed by atoms with Crippen molar-refractivity contribution < 1.29 is 4.79 Å². The molecule has 1 aliphatic rings. The molecule has 0 aliphatic heterocycles. The molecule has 126 valence electrons.